The number of hydrogen-bond donors (Lipinski definition) is 1. The van der Waals surface area contributed by atoms with E-state index in [1.54, 1.807) is 21.5 Å². The fourth-order valence-corrected chi connectivity index (χ4v) is 5.97. The van der Waals surface area contributed by atoms with Crippen molar-refractivity contribution in [3.8, 4) is 5.69 Å². The van der Waals surface area contributed by atoms with E-state index in [0.717, 1.165) is 53.1 Å². The third kappa shape index (κ3) is 4.84. The molecule has 1 N–H and O–H groups in total. The number of carbonyl (C=O) groups excluding carboxylic acids is 1. The zero-order valence-corrected chi connectivity index (χ0v) is 24.1. The van der Waals surface area contributed by atoms with Crippen molar-refractivity contribution in [1.29, 1.82) is 0 Å². The zero-order valence-electron chi connectivity index (χ0n) is 22.6. The number of amides is 1. The molecule has 42 heavy (non-hydrogen) atoms. The fourth-order valence-electron chi connectivity index (χ4n) is 5.48. The van der Waals surface area contributed by atoms with Gasteiger partial charge in [0.05, 0.1) is 47.6 Å². The van der Waals surface area contributed by atoms with Crippen molar-refractivity contribution in [2.24, 2.45) is 0 Å². The molecule has 4 aromatic heterocycles. The van der Waals surface area contributed by atoms with Crippen LogP contribution in [0.1, 0.15) is 51.1 Å². The van der Waals surface area contributed by atoms with E-state index < -0.39 is 0 Å². The molecule has 212 valence electrons. The third-order valence-electron chi connectivity index (χ3n) is 7.48. The summed E-state index contributed by atoms with van der Waals surface area (Å²) in [6.45, 7) is 3.02. The number of imidazole rings is 1. The number of oxazole rings is 1. The van der Waals surface area contributed by atoms with Gasteiger partial charge in [0.1, 0.15) is 23.0 Å². The van der Waals surface area contributed by atoms with Gasteiger partial charge < -0.3 is 14.3 Å². The fraction of sp³-hybridized carbons (Fsp3) is 0.241. The number of nitrogens with one attached hydrogen (secondary N) is 1. The molecule has 0 atom stereocenters. The topological polar surface area (TPSA) is 121 Å². The molecule has 4 heterocycles. The first-order chi connectivity index (χ1) is 20.4. The summed E-state index contributed by atoms with van der Waals surface area (Å²) in [4.78, 5) is 22.3. The Hall–Kier alpha value is -4.48. The molecular weight excluding hydrogens is 577 g/mol. The first-order valence-corrected chi connectivity index (χ1v) is 14.3. The zero-order chi connectivity index (χ0) is 28.8. The van der Waals surface area contributed by atoms with E-state index in [-0.39, 0.29) is 12.5 Å². The summed E-state index contributed by atoms with van der Waals surface area (Å²) >= 11 is 12.5. The Morgan fingerprint density at radius 1 is 1.12 bits per heavy atom. The van der Waals surface area contributed by atoms with E-state index in [0.29, 0.717) is 46.0 Å². The molecule has 1 amide bonds. The number of benzene rings is 2. The second-order valence-corrected chi connectivity index (χ2v) is 11.0. The second kappa shape index (κ2) is 10.7. The Labute approximate surface area is 250 Å². The van der Waals surface area contributed by atoms with Crippen LogP contribution in [-0.2, 0) is 32.5 Å². The summed E-state index contributed by atoms with van der Waals surface area (Å²) < 4.78 is 11.2. The van der Waals surface area contributed by atoms with Crippen LogP contribution in [0.5, 0.6) is 0 Å². The number of fused-ring (bicyclic) bond motifs is 2. The lowest BCUT2D eigenvalue weighted by molar-refractivity contribution is 0.0941. The number of hydrogen-bond acceptors (Lipinski definition) is 7. The quantitative estimate of drug-likeness (QED) is 0.262. The van der Waals surface area contributed by atoms with Crippen LogP contribution in [0.2, 0.25) is 10.0 Å². The van der Waals surface area contributed by atoms with Crippen LogP contribution in [0.25, 0.3) is 16.7 Å². The summed E-state index contributed by atoms with van der Waals surface area (Å²) in [5, 5.41) is 17.2. The Morgan fingerprint density at radius 3 is 2.88 bits per heavy atom. The van der Waals surface area contributed by atoms with Crippen LogP contribution >= 0.6 is 23.2 Å². The van der Waals surface area contributed by atoms with Crippen molar-refractivity contribution in [3.05, 3.63) is 105 Å². The highest BCUT2D eigenvalue weighted by Gasteiger charge is 2.28. The molecule has 1 aliphatic rings. The Kier molecular flexibility index (Phi) is 6.75. The van der Waals surface area contributed by atoms with Crippen molar-refractivity contribution in [2.45, 2.75) is 45.8 Å². The lowest BCUT2D eigenvalue weighted by Gasteiger charge is -2.08. The lowest BCUT2D eigenvalue weighted by Crippen LogP contribution is -2.25. The summed E-state index contributed by atoms with van der Waals surface area (Å²) in [5.41, 5.74) is 6.45. The van der Waals surface area contributed by atoms with Gasteiger partial charge in [-0.25, -0.2) is 19.3 Å². The number of aryl methyl sites for hydroxylation is 1. The standard InChI is InChI=1S/C29H25Cl2N9O2/c1-17-34-22-6-2-3-7-26(22)39(17)14-19-13-38(37-35-19)15-23-27(42-16-33-23)12-32-29(41)28-20-5-4-8-24(20)40(36-28)25-10-9-18(30)11-21(25)31/h2-3,6-7,9-11,13,16H,4-5,8,12,14-15H2,1H3,(H,32,41). The highest BCUT2D eigenvalue weighted by Crippen LogP contribution is 2.31. The Balaban J connectivity index is 1.04. The molecule has 1 aliphatic carbocycles. The van der Waals surface area contributed by atoms with Gasteiger partial charge in [0, 0.05) is 16.3 Å². The van der Waals surface area contributed by atoms with E-state index in [1.807, 2.05) is 43.5 Å². The van der Waals surface area contributed by atoms with E-state index >= 15 is 0 Å². The van der Waals surface area contributed by atoms with Crippen LogP contribution in [0.3, 0.4) is 0 Å². The first-order valence-electron chi connectivity index (χ1n) is 13.5. The van der Waals surface area contributed by atoms with Crippen molar-refractivity contribution < 1.29 is 9.21 Å². The summed E-state index contributed by atoms with van der Waals surface area (Å²) in [5.74, 6) is 1.16. The minimum absolute atomic E-state index is 0.152. The van der Waals surface area contributed by atoms with Gasteiger partial charge in [-0.2, -0.15) is 5.10 Å². The molecule has 0 bridgehead atoms. The number of aromatic nitrogens is 8. The maximum absolute atomic E-state index is 13.3. The number of halogens is 2. The van der Waals surface area contributed by atoms with Crippen molar-refractivity contribution in [2.75, 3.05) is 0 Å². The van der Waals surface area contributed by atoms with Gasteiger partial charge in [0.25, 0.3) is 5.91 Å². The van der Waals surface area contributed by atoms with Crippen molar-refractivity contribution >= 4 is 40.1 Å². The van der Waals surface area contributed by atoms with Gasteiger partial charge in [-0.05, 0) is 56.5 Å². The van der Waals surface area contributed by atoms with Crippen LogP contribution in [0.15, 0.2) is 59.5 Å². The maximum atomic E-state index is 13.3. The van der Waals surface area contributed by atoms with Gasteiger partial charge in [0.2, 0.25) is 0 Å². The SMILES string of the molecule is Cc1nc2ccccc2n1Cc1cn(Cc2ncoc2CNC(=O)c2nn(-c3ccc(Cl)cc3Cl)c3c2CCC3)nn1. The van der Waals surface area contributed by atoms with E-state index in [1.165, 1.54) is 6.39 Å². The molecule has 0 saturated carbocycles. The highest BCUT2D eigenvalue weighted by molar-refractivity contribution is 6.35. The summed E-state index contributed by atoms with van der Waals surface area (Å²) in [6.07, 6.45) is 5.78. The maximum Gasteiger partial charge on any atom is 0.272 e. The molecule has 0 aliphatic heterocycles. The molecule has 0 saturated heterocycles. The summed E-state index contributed by atoms with van der Waals surface area (Å²) in [6, 6.07) is 13.3. The minimum atomic E-state index is -0.287. The second-order valence-electron chi connectivity index (χ2n) is 10.2. The van der Waals surface area contributed by atoms with Gasteiger partial charge >= 0.3 is 0 Å². The van der Waals surface area contributed by atoms with Crippen molar-refractivity contribution in [1.82, 2.24) is 44.6 Å². The molecule has 2 aromatic carbocycles. The van der Waals surface area contributed by atoms with E-state index in [2.05, 4.69) is 35.3 Å². The Morgan fingerprint density at radius 2 is 2.00 bits per heavy atom. The largest absolute Gasteiger partial charge is 0.446 e. The Bertz CT molecular complexity index is 1950. The average Bonchev–Trinajstić information content (AvgIpc) is 3.79. The molecule has 6 aromatic rings. The van der Waals surface area contributed by atoms with E-state index in [9.17, 15) is 4.79 Å². The van der Waals surface area contributed by atoms with Gasteiger partial charge in [-0.15, -0.1) is 5.10 Å². The normalized spacial score (nSPS) is 12.7. The van der Waals surface area contributed by atoms with Crippen LogP contribution in [0, 0.1) is 6.92 Å². The van der Waals surface area contributed by atoms with Crippen molar-refractivity contribution in [3.63, 3.8) is 0 Å². The van der Waals surface area contributed by atoms with Gasteiger partial charge in [-0.3, -0.25) is 4.79 Å². The third-order valence-corrected chi connectivity index (χ3v) is 8.02. The summed E-state index contributed by atoms with van der Waals surface area (Å²) in [7, 11) is 0. The molecule has 0 radical (unpaired) electrons. The first kappa shape index (κ1) is 26.4. The number of nitrogens with zero attached hydrogens (tertiary/aromatic N) is 8. The average molecular weight is 602 g/mol. The number of para-hydroxylation sites is 2. The molecular formula is C29H25Cl2N9O2. The molecule has 0 fully saturated rings. The number of rotatable bonds is 8. The monoisotopic (exact) mass is 601 g/mol. The van der Waals surface area contributed by atoms with Crippen LogP contribution in [0.4, 0.5) is 0 Å². The molecule has 7 rings (SSSR count). The predicted molar refractivity (Wildman–Crippen MR) is 156 cm³/mol. The van der Waals surface area contributed by atoms with Crippen LogP contribution < -0.4 is 5.32 Å². The van der Waals surface area contributed by atoms with Crippen LogP contribution in [-0.4, -0.2) is 45.2 Å². The highest BCUT2D eigenvalue weighted by atomic mass is 35.5. The predicted octanol–water partition coefficient (Wildman–Crippen LogP) is 4.93. The molecule has 13 heteroatoms. The molecule has 11 nitrogen and oxygen atoms in total. The van der Waals surface area contributed by atoms with Gasteiger partial charge in [-0.1, -0.05) is 40.5 Å². The molecule has 0 unspecified atom stereocenters. The smallest absolute Gasteiger partial charge is 0.272 e. The lowest BCUT2D eigenvalue weighted by atomic mass is 10.2. The minimum Gasteiger partial charge on any atom is -0.446 e. The molecule has 0 spiro atoms. The van der Waals surface area contributed by atoms with Gasteiger partial charge in [0.15, 0.2) is 12.1 Å². The number of carbonyl (C=O) groups is 1. The van der Waals surface area contributed by atoms with E-state index in [4.69, 9.17) is 27.6 Å².